The van der Waals surface area contributed by atoms with E-state index < -0.39 is 5.91 Å². The quantitative estimate of drug-likeness (QED) is 0.556. The molecule has 0 aliphatic rings. The molecule has 0 spiro atoms. The standard InChI is InChI=1S/C7H10N4O2/c1-4-2-6(13)11-7(10-4)9-3-5(8)12/h2H,3H2,1H3,(H2,8,12)(H2,9,10,11,13). The molecule has 0 aliphatic heterocycles. The van der Waals surface area contributed by atoms with Gasteiger partial charge in [-0.15, -0.1) is 0 Å². The Bertz CT molecular complexity index is 371. The molecular weight excluding hydrogens is 172 g/mol. The van der Waals surface area contributed by atoms with Crippen molar-refractivity contribution in [3.05, 3.63) is 22.1 Å². The average molecular weight is 182 g/mol. The van der Waals surface area contributed by atoms with E-state index in [4.69, 9.17) is 5.73 Å². The van der Waals surface area contributed by atoms with Gasteiger partial charge in [-0.1, -0.05) is 0 Å². The second-order valence-electron chi connectivity index (χ2n) is 2.57. The number of carbonyl (C=O) groups is 1. The van der Waals surface area contributed by atoms with Crippen LogP contribution < -0.4 is 16.6 Å². The molecule has 1 aromatic heterocycles. The topological polar surface area (TPSA) is 101 Å². The van der Waals surface area contributed by atoms with Crippen LogP contribution >= 0.6 is 0 Å². The lowest BCUT2D eigenvalue weighted by Gasteiger charge is -2.02. The molecule has 4 N–H and O–H groups in total. The minimum atomic E-state index is -0.510. The molecule has 0 radical (unpaired) electrons. The zero-order valence-corrected chi connectivity index (χ0v) is 7.13. The number of hydrogen-bond donors (Lipinski definition) is 3. The summed E-state index contributed by atoms with van der Waals surface area (Å²) in [7, 11) is 0. The van der Waals surface area contributed by atoms with E-state index in [1.807, 2.05) is 0 Å². The van der Waals surface area contributed by atoms with Crippen LogP contribution in [-0.2, 0) is 4.79 Å². The lowest BCUT2D eigenvalue weighted by Crippen LogP contribution is -2.24. The number of nitrogens with two attached hydrogens (primary N) is 1. The van der Waals surface area contributed by atoms with Gasteiger partial charge in [-0.3, -0.25) is 9.59 Å². The van der Waals surface area contributed by atoms with Crippen LogP contribution in [0, 0.1) is 6.92 Å². The second kappa shape index (κ2) is 3.70. The molecule has 70 valence electrons. The van der Waals surface area contributed by atoms with Crippen molar-refractivity contribution in [2.75, 3.05) is 11.9 Å². The number of carbonyl (C=O) groups excluding carboxylic acids is 1. The van der Waals surface area contributed by atoms with Gasteiger partial charge in [0.1, 0.15) is 0 Å². The van der Waals surface area contributed by atoms with Gasteiger partial charge in [0, 0.05) is 11.8 Å². The zero-order valence-electron chi connectivity index (χ0n) is 7.13. The molecule has 0 atom stereocenters. The monoisotopic (exact) mass is 182 g/mol. The largest absolute Gasteiger partial charge is 0.368 e. The van der Waals surface area contributed by atoms with Crippen molar-refractivity contribution in [3.8, 4) is 0 Å². The summed E-state index contributed by atoms with van der Waals surface area (Å²) >= 11 is 0. The maximum Gasteiger partial charge on any atom is 0.274 e. The first-order chi connectivity index (χ1) is 6.08. The number of rotatable bonds is 3. The number of primary amides is 1. The normalized spacial score (nSPS) is 9.62. The number of aromatic amines is 1. The van der Waals surface area contributed by atoms with Crippen LogP contribution in [0.1, 0.15) is 5.69 Å². The minimum absolute atomic E-state index is 0.0492. The first-order valence-electron chi connectivity index (χ1n) is 3.68. The Labute approximate surface area is 74.2 Å². The van der Waals surface area contributed by atoms with Gasteiger partial charge in [0.2, 0.25) is 11.9 Å². The molecule has 1 rings (SSSR count). The van der Waals surface area contributed by atoms with Gasteiger partial charge in [0.05, 0.1) is 6.54 Å². The van der Waals surface area contributed by atoms with Crippen LogP contribution in [0.4, 0.5) is 5.95 Å². The molecule has 1 aromatic rings. The van der Waals surface area contributed by atoms with Crippen LogP contribution in [-0.4, -0.2) is 22.4 Å². The highest BCUT2D eigenvalue weighted by atomic mass is 16.1. The molecule has 0 saturated heterocycles. The van der Waals surface area contributed by atoms with Crippen LogP contribution in [0.5, 0.6) is 0 Å². The molecule has 0 fully saturated rings. The summed E-state index contributed by atoms with van der Waals surface area (Å²) in [6.45, 7) is 1.67. The van der Waals surface area contributed by atoms with Crippen molar-refractivity contribution in [1.82, 2.24) is 9.97 Å². The summed E-state index contributed by atoms with van der Waals surface area (Å²) in [6, 6.07) is 1.36. The number of aryl methyl sites for hydroxylation is 1. The Kier molecular flexibility index (Phi) is 2.63. The van der Waals surface area contributed by atoms with E-state index in [9.17, 15) is 9.59 Å². The number of nitrogens with one attached hydrogen (secondary N) is 2. The summed E-state index contributed by atoms with van der Waals surface area (Å²) in [4.78, 5) is 27.6. The average Bonchev–Trinajstić information content (AvgIpc) is 1.99. The zero-order chi connectivity index (χ0) is 9.84. The predicted octanol–water partition coefficient (Wildman–Crippen LogP) is -1.02. The van der Waals surface area contributed by atoms with Gasteiger partial charge in [-0.25, -0.2) is 0 Å². The Hall–Kier alpha value is -1.85. The first-order valence-corrected chi connectivity index (χ1v) is 3.68. The van der Waals surface area contributed by atoms with Crippen molar-refractivity contribution in [3.63, 3.8) is 0 Å². The van der Waals surface area contributed by atoms with Crippen LogP contribution in [0.2, 0.25) is 0 Å². The van der Waals surface area contributed by atoms with Crippen molar-refractivity contribution < 1.29 is 4.79 Å². The molecule has 0 aromatic carbocycles. The minimum Gasteiger partial charge on any atom is -0.368 e. The van der Waals surface area contributed by atoms with Gasteiger partial charge >= 0.3 is 0 Å². The first kappa shape index (κ1) is 9.24. The van der Waals surface area contributed by atoms with E-state index in [2.05, 4.69) is 15.3 Å². The Balaban J connectivity index is 2.77. The van der Waals surface area contributed by atoms with Crippen LogP contribution in [0.25, 0.3) is 0 Å². The molecule has 1 heterocycles. The molecule has 1 amide bonds. The Morgan fingerprint density at radius 3 is 3.00 bits per heavy atom. The fraction of sp³-hybridized carbons (Fsp3) is 0.286. The second-order valence-corrected chi connectivity index (χ2v) is 2.57. The van der Waals surface area contributed by atoms with Crippen molar-refractivity contribution in [1.29, 1.82) is 0 Å². The third kappa shape index (κ3) is 2.94. The fourth-order valence-corrected chi connectivity index (χ4v) is 0.833. The molecule has 6 heteroatoms. The van der Waals surface area contributed by atoms with Crippen molar-refractivity contribution >= 4 is 11.9 Å². The smallest absolute Gasteiger partial charge is 0.274 e. The van der Waals surface area contributed by atoms with Crippen molar-refractivity contribution in [2.24, 2.45) is 5.73 Å². The molecule has 6 nitrogen and oxygen atoms in total. The van der Waals surface area contributed by atoms with E-state index in [0.717, 1.165) is 0 Å². The summed E-state index contributed by atoms with van der Waals surface area (Å²) in [6.07, 6.45) is 0. The molecule has 0 bridgehead atoms. The van der Waals surface area contributed by atoms with Crippen LogP contribution in [0.15, 0.2) is 10.9 Å². The molecule has 0 aliphatic carbocycles. The van der Waals surface area contributed by atoms with E-state index in [1.54, 1.807) is 6.92 Å². The van der Waals surface area contributed by atoms with E-state index in [1.165, 1.54) is 6.07 Å². The van der Waals surface area contributed by atoms with E-state index in [0.29, 0.717) is 5.69 Å². The highest BCUT2D eigenvalue weighted by Crippen LogP contribution is 1.93. The van der Waals surface area contributed by atoms with Gasteiger partial charge in [-0.2, -0.15) is 4.98 Å². The molecule has 0 unspecified atom stereocenters. The maximum absolute atomic E-state index is 10.9. The number of amides is 1. The highest BCUT2D eigenvalue weighted by molar-refractivity contribution is 5.78. The SMILES string of the molecule is Cc1cc(=O)nc(NCC(N)=O)[nH]1. The number of H-pyrrole nitrogens is 1. The predicted molar refractivity (Wildman–Crippen MR) is 47.3 cm³/mol. The van der Waals surface area contributed by atoms with Crippen molar-refractivity contribution in [2.45, 2.75) is 6.92 Å². The van der Waals surface area contributed by atoms with Gasteiger partial charge in [-0.05, 0) is 6.92 Å². The van der Waals surface area contributed by atoms with Crippen LogP contribution in [0.3, 0.4) is 0 Å². The Morgan fingerprint density at radius 1 is 1.77 bits per heavy atom. The lowest BCUT2D eigenvalue weighted by atomic mass is 10.4. The summed E-state index contributed by atoms with van der Waals surface area (Å²) in [5.74, 6) is -0.257. The van der Waals surface area contributed by atoms with Gasteiger partial charge in [0.15, 0.2) is 0 Å². The van der Waals surface area contributed by atoms with Gasteiger partial charge in [0.25, 0.3) is 5.56 Å². The third-order valence-electron chi connectivity index (χ3n) is 1.31. The van der Waals surface area contributed by atoms with Gasteiger partial charge < -0.3 is 16.0 Å². The maximum atomic E-state index is 10.9. The number of nitrogens with zero attached hydrogens (tertiary/aromatic N) is 1. The van der Waals surface area contributed by atoms with E-state index in [-0.39, 0.29) is 18.1 Å². The highest BCUT2D eigenvalue weighted by Gasteiger charge is 1.98. The molecule has 13 heavy (non-hydrogen) atoms. The third-order valence-corrected chi connectivity index (χ3v) is 1.31. The number of hydrogen-bond acceptors (Lipinski definition) is 4. The fourth-order valence-electron chi connectivity index (χ4n) is 0.833. The molecule has 0 saturated carbocycles. The summed E-state index contributed by atoms with van der Waals surface area (Å²) in [5, 5.41) is 2.58. The Morgan fingerprint density at radius 2 is 2.46 bits per heavy atom. The lowest BCUT2D eigenvalue weighted by molar-refractivity contribution is -0.116. The van der Waals surface area contributed by atoms with E-state index >= 15 is 0 Å². The molecular formula is C7H10N4O2. The number of anilines is 1. The number of aromatic nitrogens is 2. The summed E-state index contributed by atoms with van der Waals surface area (Å²) in [5.41, 5.74) is 5.21. The summed E-state index contributed by atoms with van der Waals surface area (Å²) < 4.78 is 0.